The first kappa shape index (κ1) is 19.9. The van der Waals surface area contributed by atoms with Crippen molar-refractivity contribution in [3.05, 3.63) is 34.7 Å². The number of nitrogens with two attached hydrogens (primary N) is 1. The molecule has 2 amide bonds. The number of allylic oxidation sites excluding steroid dienone is 1. The number of carboxylic acids is 1. The summed E-state index contributed by atoms with van der Waals surface area (Å²) in [6.07, 6.45) is -0.240. The molecule has 3 N–H and O–H groups in total. The number of aliphatic carboxylic acids is 1. The molecule has 1 heterocycles. The first-order valence-corrected chi connectivity index (χ1v) is 8.90. The Morgan fingerprint density at radius 1 is 1.35 bits per heavy atom. The number of benzene rings is 1. The van der Waals surface area contributed by atoms with E-state index in [2.05, 4.69) is 0 Å². The van der Waals surface area contributed by atoms with E-state index in [-0.39, 0.29) is 17.2 Å². The summed E-state index contributed by atoms with van der Waals surface area (Å²) in [5, 5.41) is 9.44. The number of thioether (sulfide) groups is 1. The molecule has 0 aromatic heterocycles. The van der Waals surface area contributed by atoms with E-state index in [9.17, 15) is 19.5 Å². The third-order valence-corrected chi connectivity index (χ3v) is 5.43. The number of amides is 2. The predicted octanol–water partition coefficient (Wildman–Crippen LogP) is 2.01. The van der Waals surface area contributed by atoms with E-state index < -0.39 is 23.8 Å². The number of ether oxygens (including phenoxy) is 1. The third-order valence-electron chi connectivity index (χ3n) is 3.92. The van der Waals surface area contributed by atoms with Gasteiger partial charge >= 0.3 is 5.97 Å². The van der Waals surface area contributed by atoms with Gasteiger partial charge in [-0.25, -0.2) is 4.79 Å². The van der Waals surface area contributed by atoms with Crippen LogP contribution in [0, 0.1) is 0 Å². The molecule has 1 saturated heterocycles. The topological polar surface area (TPSA) is 110 Å². The number of primary amides is 1. The van der Waals surface area contributed by atoms with Crippen LogP contribution in [0.15, 0.2) is 29.2 Å². The van der Waals surface area contributed by atoms with Crippen molar-refractivity contribution in [1.82, 2.24) is 4.90 Å². The van der Waals surface area contributed by atoms with Crippen LogP contribution in [0.4, 0.5) is 0 Å². The third kappa shape index (κ3) is 4.23. The lowest BCUT2D eigenvalue weighted by atomic mass is 10.1. The van der Waals surface area contributed by atoms with Crippen LogP contribution in [0.3, 0.4) is 0 Å². The average molecular weight is 394 g/mol. The van der Waals surface area contributed by atoms with E-state index in [1.54, 1.807) is 26.2 Å². The zero-order valence-electron chi connectivity index (χ0n) is 14.2. The van der Waals surface area contributed by atoms with Crippen LogP contribution in [-0.2, 0) is 14.4 Å². The maximum atomic E-state index is 12.8. The minimum absolute atomic E-state index is 0.0913. The summed E-state index contributed by atoms with van der Waals surface area (Å²) in [5.74, 6) is -1.66. The van der Waals surface area contributed by atoms with Gasteiger partial charge in [-0.05, 0) is 36.6 Å². The van der Waals surface area contributed by atoms with E-state index in [4.69, 9.17) is 22.7 Å². The van der Waals surface area contributed by atoms with Crippen molar-refractivity contribution < 1.29 is 24.2 Å². The Morgan fingerprint density at radius 2 is 1.96 bits per heavy atom. The molecule has 0 bridgehead atoms. The fourth-order valence-corrected chi connectivity index (χ4v) is 3.89. The van der Waals surface area contributed by atoms with Crippen LogP contribution in [-0.4, -0.2) is 45.3 Å². The van der Waals surface area contributed by atoms with Crippen LogP contribution in [0.2, 0.25) is 0 Å². The van der Waals surface area contributed by atoms with Crippen LogP contribution in [0.25, 0.3) is 5.57 Å². The number of carboxylic acid groups (broad SMARTS) is 1. The first-order valence-electron chi connectivity index (χ1n) is 7.68. The second kappa shape index (κ2) is 8.33. The van der Waals surface area contributed by atoms with Gasteiger partial charge in [0.15, 0.2) is 0 Å². The van der Waals surface area contributed by atoms with Gasteiger partial charge in [0.1, 0.15) is 16.1 Å². The quantitative estimate of drug-likeness (QED) is 0.538. The standard InChI is InChI=1S/C17H18N2O5S2/c1-9(10-3-5-11(24-2)6-4-10)14-15(21)19(17(25)26-14)12(16(22)23)7-8-13(18)20/h3-6,12H,7-8H2,1-2H3,(H2,18,20)(H,22,23)/b14-9-. The zero-order valence-corrected chi connectivity index (χ0v) is 15.9. The molecule has 138 valence electrons. The monoisotopic (exact) mass is 394 g/mol. The molecule has 2 rings (SSSR count). The van der Waals surface area contributed by atoms with Crippen molar-refractivity contribution in [1.29, 1.82) is 0 Å². The molecule has 1 aliphatic heterocycles. The van der Waals surface area contributed by atoms with Gasteiger partial charge in [-0.2, -0.15) is 0 Å². The van der Waals surface area contributed by atoms with Gasteiger partial charge < -0.3 is 15.6 Å². The summed E-state index contributed by atoms with van der Waals surface area (Å²) < 4.78 is 5.26. The van der Waals surface area contributed by atoms with Crippen molar-refractivity contribution >= 4 is 51.7 Å². The van der Waals surface area contributed by atoms with Gasteiger partial charge in [-0.1, -0.05) is 36.1 Å². The van der Waals surface area contributed by atoms with Gasteiger partial charge in [0.2, 0.25) is 5.91 Å². The second-order valence-electron chi connectivity index (χ2n) is 5.58. The molecule has 1 fully saturated rings. The van der Waals surface area contributed by atoms with Crippen LogP contribution < -0.4 is 10.5 Å². The summed E-state index contributed by atoms with van der Waals surface area (Å²) in [5.41, 5.74) is 6.58. The van der Waals surface area contributed by atoms with Gasteiger partial charge in [-0.15, -0.1) is 0 Å². The van der Waals surface area contributed by atoms with Crippen molar-refractivity contribution in [2.24, 2.45) is 5.73 Å². The Balaban J connectivity index is 2.33. The molecule has 1 aliphatic rings. The van der Waals surface area contributed by atoms with E-state index >= 15 is 0 Å². The molecule has 0 spiro atoms. The number of carbonyl (C=O) groups is 3. The number of carbonyl (C=O) groups excluding carboxylic acids is 2. The lowest BCUT2D eigenvalue weighted by molar-refractivity contribution is -0.145. The normalized spacial score (nSPS) is 17.2. The van der Waals surface area contributed by atoms with E-state index in [0.29, 0.717) is 16.2 Å². The average Bonchev–Trinajstić information content (AvgIpc) is 2.89. The van der Waals surface area contributed by atoms with E-state index in [1.165, 1.54) is 0 Å². The lowest BCUT2D eigenvalue weighted by Gasteiger charge is -2.22. The van der Waals surface area contributed by atoms with Crippen molar-refractivity contribution in [2.45, 2.75) is 25.8 Å². The number of methoxy groups -OCH3 is 1. The highest BCUT2D eigenvalue weighted by molar-refractivity contribution is 8.26. The SMILES string of the molecule is COc1ccc(/C(C)=C2\SC(=S)N(C(CCC(N)=O)C(=O)O)C2=O)cc1. The molecular weight excluding hydrogens is 376 g/mol. The highest BCUT2D eigenvalue weighted by Crippen LogP contribution is 2.38. The Hall–Kier alpha value is -2.39. The Bertz CT molecular complexity index is 789. The number of hydrogen-bond acceptors (Lipinski definition) is 6. The summed E-state index contributed by atoms with van der Waals surface area (Å²) in [6.45, 7) is 1.77. The van der Waals surface area contributed by atoms with Crippen LogP contribution in [0.5, 0.6) is 5.75 Å². The molecule has 26 heavy (non-hydrogen) atoms. The molecule has 1 aromatic carbocycles. The highest BCUT2D eigenvalue weighted by Gasteiger charge is 2.41. The Labute approximate surface area is 160 Å². The maximum absolute atomic E-state index is 12.8. The van der Waals surface area contributed by atoms with Gasteiger partial charge in [0.25, 0.3) is 5.91 Å². The lowest BCUT2D eigenvalue weighted by Crippen LogP contribution is -2.44. The molecule has 1 unspecified atom stereocenters. The van der Waals surface area contributed by atoms with Crippen molar-refractivity contribution in [3.8, 4) is 5.75 Å². The molecule has 9 heteroatoms. The predicted molar refractivity (Wildman–Crippen MR) is 102 cm³/mol. The van der Waals surface area contributed by atoms with Gasteiger partial charge in [0, 0.05) is 6.42 Å². The van der Waals surface area contributed by atoms with Crippen LogP contribution >= 0.6 is 24.0 Å². The minimum Gasteiger partial charge on any atom is -0.497 e. The second-order valence-corrected chi connectivity index (χ2v) is 7.23. The Kier molecular flexibility index (Phi) is 6.38. The number of rotatable bonds is 7. The molecule has 1 aromatic rings. The maximum Gasteiger partial charge on any atom is 0.326 e. The molecule has 0 aliphatic carbocycles. The summed E-state index contributed by atoms with van der Waals surface area (Å²) in [6, 6.07) is 5.93. The van der Waals surface area contributed by atoms with Crippen LogP contribution in [0.1, 0.15) is 25.3 Å². The molecule has 1 atom stereocenters. The summed E-state index contributed by atoms with van der Waals surface area (Å²) in [7, 11) is 1.56. The largest absolute Gasteiger partial charge is 0.497 e. The Morgan fingerprint density at radius 3 is 2.46 bits per heavy atom. The fourth-order valence-electron chi connectivity index (χ4n) is 2.49. The van der Waals surface area contributed by atoms with Crippen molar-refractivity contribution in [3.63, 3.8) is 0 Å². The number of hydrogen-bond donors (Lipinski definition) is 2. The van der Waals surface area contributed by atoms with E-state index in [0.717, 1.165) is 22.2 Å². The van der Waals surface area contributed by atoms with E-state index in [1.807, 2.05) is 12.1 Å². The zero-order chi connectivity index (χ0) is 19.4. The number of thiocarbonyl (C=S) groups is 1. The molecular formula is C17H18N2O5S2. The summed E-state index contributed by atoms with van der Waals surface area (Å²) in [4.78, 5) is 36.8. The molecule has 7 nitrogen and oxygen atoms in total. The first-order chi connectivity index (χ1) is 12.3. The summed E-state index contributed by atoms with van der Waals surface area (Å²) >= 11 is 6.26. The fraction of sp³-hybridized carbons (Fsp3) is 0.294. The van der Waals surface area contributed by atoms with Gasteiger partial charge in [-0.3, -0.25) is 14.5 Å². The van der Waals surface area contributed by atoms with Gasteiger partial charge in [0.05, 0.1) is 12.0 Å². The molecule has 0 radical (unpaired) electrons. The van der Waals surface area contributed by atoms with Crippen molar-refractivity contribution in [2.75, 3.05) is 7.11 Å². The number of nitrogens with zero attached hydrogens (tertiary/aromatic N) is 1. The minimum atomic E-state index is -1.23. The highest BCUT2D eigenvalue weighted by atomic mass is 32.2. The smallest absolute Gasteiger partial charge is 0.326 e. The molecule has 0 saturated carbocycles.